The van der Waals surface area contributed by atoms with Crippen LogP contribution in [0.25, 0.3) is 0 Å². The predicted molar refractivity (Wildman–Crippen MR) is 85.5 cm³/mol. The Morgan fingerprint density at radius 1 is 1.40 bits per heavy atom. The highest BCUT2D eigenvalue weighted by Gasteiger charge is 2.35. The third-order valence-corrected chi connectivity index (χ3v) is 4.12. The molecule has 0 spiro atoms. The van der Waals surface area contributed by atoms with Crippen LogP contribution in [0.3, 0.4) is 0 Å². The zero-order valence-corrected chi connectivity index (χ0v) is 13.5. The van der Waals surface area contributed by atoms with Crippen molar-refractivity contribution < 1.29 is 4.79 Å². The van der Waals surface area contributed by atoms with E-state index in [-0.39, 0.29) is 29.8 Å². The normalized spacial score (nSPS) is 23.6. The van der Waals surface area contributed by atoms with Crippen molar-refractivity contribution in [3.8, 4) is 0 Å². The van der Waals surface area contributed by atoms with Gasteiger partial charge in [-0.15, -0.1) is 12.4 Å². The summed E-state index contributed by atoms with van der Waals surface area (Å²) in [5, 5.41) is 7.12. The standard InChI is InChI=1S/C15H21ClN2O.ClH/c1-11(12-4-6-13(16)7-5-12)18-14(19)15(2)8-3-9-17-10-15;/h4-7,11,17H,3,8-10H2,1-2H3,(H,18,19);1H. The van der Waals surface area contributed by atoms with Gasteiger partial charge in [0.25, 0.3) is 0 Å². The molecule has 1 aliphatic heterocycles. The van der Waals surface area contributed by atoms with Gasteiger partial charge in [-0.2, -0.15) is 0 Å². The first-order valence-corrected chi connectivity index (χ1v) is 7.16. The van der Waals surface area contributed by atoms with E-state index < -0.39 is 0 Å². The molecular weight excluding hydrogens is 295 g/mol. The summed E-state index contributed by atoms with van der Waals surface area (Å²) in [5.74, 6) is 0.127. The monoisotopic (exact) mass is 316 g/mol. The van der Waals surface area contributed by atoms with E-state index in [1.54, 1.807) is 0 Å². The Bertz CT molecular complexity index is 442. The Balaban J connectivity index is 0.00000200. The van der Waals surface area contributed by atoms with E-state index in [0.29, 0.717) is 5.02 Å². The van der Waals surface area contributed by atoms with Crippen LogP contribution in [0.4, 0.5) is 0 Å². The van der Waals surface area contributed by atoms with Gasteiger partial charge in [0.2, 0.25) is 5.91 Å². The van der Waals surface area contributed by atoms with Crippen LogP contribution in [0.15, 0.2) is 24.3 Å². The van der Waals surface area contributed by atoms with Gasteiger partial charge in [0, 0.05) is 11.6 Å². The van der Waals surface area contributed by atoms with E-state index in [9.17, 15) is 4.79 Å². The molecule has 2 unspecified atom stereocenters. The first-order chi connectivity index (χ1) is 9.01. The predicted octanol–water partition coefficient (Wildman–Crippen LogP) is 3.33. The van der Waals surface area contributed by atoms with Crippen molar-refractivity contribution in [3.63, 3.8) is 0 Å². The van der Waals surface area contributed by atoms with Crippen molar-refractivity contribution in [2.24, 2.45) is 5.41 Å². The lowest BCUT2D eigenvalue weighted by atomic mass is 9.81. The summed E-state index contributed by atoms with van der Waals surface area (Å²) < 4.78 is 0. The SMILES string of the molecule is CC(NC(=O)C1(C)CCCNC1)c1ccc(Cl)cc1.Cl. The molecule has 5 heteroatoms. The molecule has 20 heavy (non-hydrogen) atoms. The number of nitrogens with one attached hydrogen (secondary N) is 2. The van der Waals surface area contributed by atoms with Gasteiger partial charge in [-0.3, -0.25) is 4.79 Å². The molecule has 1 heterocycles. The second-order valence-corrected chi connectivity index (χ2v) is 6.02. The molecule has 1 aromatic carbocycles. The lowest BCUT2D eigenvalue weighted by Crippen LogP contribution is -2.49. The Kier molecular flexibility index (Phi) is 6.31. The van der Waals surface area contributed by atoms with Gasteiger partial charge in [0.05, 0.1) is 11.5 Å². The number of hydrogen-bond acceptors (Lipinski definition) is 2. The second kappa shape index (κ2) is 7.30. The Labute approximate surface area is 131 Å². The molecule has 0 aliphatic carbocycles. The van der Waals surface area contributed by atoms with Gasteiger partial charge in [0.1, 0.15) is 0 Å². The second-order valence-electron chi connectivity index (χ2n) is 5.59. The smallest absolute Gasteiger partial charge is 0.227 e. The molecule has 1 fully saturated rings. The minimum Gasteiger partial charge on any atom is -0.349 e. The number of carbonyl (C=O) groups is 1. The minimum atomic E-state index is -0.293. The summed E-state index contributed by atoms with van der Waals surface area (Å²) in [6, 6.07) is 7.61. The van der Waals surface area contributed by atoms with Gasteiger partial charge in [-0.1, -0.05) is 23.7 Å². The van der Waals surface area contributed by atoms with E-state index in [2.05, 4.69) is 10.6 Å². The number of hydrogen-bond donors (Lipinski definition) is 2. The Morgan fingerprint density at radius 2 is 2.05 bits per heavy atom. The van der Waals surface area contributed by atoms with Crippen molar-refractivity contribution in [2.45, 2.75) is 32.7 Å². The molecule has 1 saturated heterocycles. The van der Waals surface area contributed by atoms with Crippen LogP contribution < -0.4 is 10.6 Å². The van der Waals surface area contributed by atoms with E-state index in [1.807, 2.05) is 38.1 Å². The topological polar surface area (TPSA) is 41.1 Å². The lowest BCUT2D eigenvalue weighted by Gasteiger charge is -2.33. The van der Waals surface area contributed by atoms with Crippen molar-refractivity contribution in [1.29, 1.82) is 0 Å². The number of piperidine rings is 1. The summed E-state index contributed by atoms with van der Waals surface area (Å²) in [7, 11) is 0. The van der Waals surface area contributed by atoms with Crippen LogP contribution in [0.2, 0.25) is 5.02 Å². The maximum atomic E-state index is 12.4. The highest BCUT2D eigenvalue weighted by atomic mass is 35.5. The van der Waals surface area contributed by atoms with Crippen LogP contribution in [0, 0.1) is 5.41 Å². The maximum Gasteiger partial charge on any atom is 0.227 e. The number of carbonyl (C=O) groups excluding carboxylic acids is 1. The fourth-order valence-electron chi connectivity index (χ4n) is 2.46. The van der Waals surface area contributed by atoms with Gasteiger partial charge < -0.3 is 10.6 Å². The van der Waals surface area contributed by atoms with E-state index >= 15 is 0 Å². The van der Waals surface area contributed by atoms with Crippen LogP contribution >= 0.6 is 24.0 Å². The first-order valence-electron chi connectivity index (χ1n) is 6.78. The van der Waals surface area contributed by atoms with Crippen LogP contribution in [0.1, 0.15) is 38.3 Å². The number of rotatable bonds is 3. The Hall–Kier alpha value is -0.770. The zero-order chi connectivity index (χ0) is 13.9. The summed E-state index contributed by atoms with van der Waals surface area (Å²) in [4.78, 5) is 12.4. The van der Waals surface area contributed by atoms with Gasteiger partial charge >= 0.3 is 0 Å². The molecule has 1 aliphatic rings. The summed E-state index contributed by atoms with van der Waals surface area (Å²) in [5.41, 5.74) is 0.781. The maximum absolute atomic E-state index is 12.4. The highest BCUT2D eigenvalue weighted by Crippen LogP contribution is 2.27. The quantitative estimate of drug-likeness (QED) is 0.898. The molecule has 1 aromatic rings. The third kappa shape index (κ3) is 4.11. The molecule has 0 saturated carbocycles. The number of halogens is 2. The van der Waals surface area contributed by atoms with Crippen molar-refractivity contribution in [2.75, 3.05) is 13.1 Å². The molecule has 0 radical (unpaired) electrons. The van der Waals surface area contributed by atoms with Gasteiger partial charge in [-0.25, -0.2) is 0 Å². The third-order valence-electron chi connectivity index (χ3n) is 3.86. The Morgan fingerprint density at radius 3 is 2.60 bits per heavy atom. The largest absolute Gasteiger partial charge is 0.349 e. The molecule has 2 rings (SSSR count). The van der Waals surface area contributed by atoms with E-state index in [4.69, 9.17) is 11.6 Å². The number of amides is 1. The minimum absolute atomic E-state index is 0. The molecule has 2 atom stereocenters. The summed E-state index contributed by atoms with van der Waals surface area (Å²) in [6.45, 7) is 5.80. The molecule has 2 N–H and O–H groups in total. The van der Waals surface area contributed by atoms with Gasteiger partial charge in [-0.05, 0) is 50.9 Å². The lowest BCUT2D eigenvalue weighted by molar-refractivity contribution is -0.131. The van der Waals surface area contributed by atoms with Crippen molar-refractivity contribution in [1.82, 2.24) is 10.6 Å². The molecule has 0 aromatic heterocycles. The summed E-state index contributed by atoms with van der Waals surface area (Å²) >= 11 is 5.87. The molecular formula is C15H22Cl2N2O. The van der Waals surface area contributed by atoms with Gasteiger partial charge in [0.15, 0.2) is 0 Å². The average Bonchev–Trinajstić information content (AvgIpc) is 2.40. The van der Waals surface area contributed by atoms with Crippen molar-refractivity contribution >= 4 is 29.9 Å². The van der Waals surface area contributed by atoms with Crippen molar-refractivity contribution in [3.05, 3.63) is 34.9 Å². The zero-order valence-electron chi connectivity index (χ0n) is 11.9. The first kappa shape index (κ1) is 17.3. The van der Waals surface area contributed by atoms with Crippen LogP contribution in [-0.4, -0.2) is 19.0 Å². The fourth-order valence-corrected chi connectivity index (χ4v) is 2.58. The van der Waals surface area contributed by atoms with E-state index in [1.165, 1.54) is 0 Å². The molecule has 0 bridgehead atoms. The fraction of sp³-hybridized carbons (Fsp3) is 0.533. The van der Waals surface area contributed by atoms with E-state index in [0.717, 1.165) is 31.5 Å². The molecule has 112 valence electrons. The summed E-state index contributed by atoms with van der Waals surface area (Å²) in [6.07, 6.45) is 2.00. The molecule has 1 amide bonds. The van der Waals surface area contributed by atoms with Crippen LogP contribution in [-0.2, 0) is 4.79 Å². The number of benzene rings is 1. The molecule has 3 nitrogen and oxygen atoms in total. The van der Waals surface area contributed by atoms with Crippen LogP contribution in [0.5, 0.6) is 0 Å². The average molecular weight is 317 g/mol. The highest BCUT2D eigenvalue weighted by molar-refractivity contribution is 6.30.